The number of hydrogen-bond donors (Lipinski definition) is 1. The van der Waals surface area contributed by atoms with Crippen LogP contribution < -0.4 is 5.32 Å². The van der Waals surface area contributed by atoms with Crippen molar-refractivity contribution in [1.82, 2.24) is 5.32 Å². The molecule has 2 aromatic rings. The van der Waals surface area contributed by atoms with E-state index in [1.54, 1.807) is 12.1 Å². The van der Waals surface area contributed by atoms with E-state index in [1.807, 2.05) is 18.2 Å². The molecule has 1 aliphatic rings. The van der Waals surface area contributed by atoms with Gasteiger partial charge in [-0.1, -0.05) is 43.3 Å². The molecule has 2 atom stereocenters. The Kier molecular flexibility index (Phi) is 3.26. The third-order valence-electron chi connectivity index (χ3n) is 3.91. The number of halogens is 1. The van der Waals surface area contributed by atoms with Crippen molar-refractivity contribution in [2.24, 2.45) is 5.92 Å². The second-order valence-corrected chi connectivity index (χ2v) is 5.31. The lowest BCUT2D eigenvalue weighted by Crippen LogP contribution is -2.31. The number of fused-ring (bicyclic) bond motifs is 1. The Labute approximate surface area is 117 Å². The molecule has 0 radical (unpaired) electrons. The van der Waals surface area contributed by atoms with Crippen LogP contribution in [0.3, 0.4) is 0 Å². The van der Waals surface area contributed by atoms with Gasteiger partial charge in [0.2, 0.25) is 0 Å². The van der Waals surface area contributed by atoms with Crippen LogP contribution in [0.2, 0.25) is 0 Å². The summed E-state index contributed by atoms with van der Waals surface area (Å²) in [7, 11) is 0. The Hall–Kier alpha value is -2.16. The molecule has 0 heterocycles. The molecule has 2 unspecified atom stereocenters. The van der Waals surface area contributed by atoms with E-state index in [-0.39, 0.29) is 17.5 Å². The minimum absolute atomic E-state index is 0.0432. The van der Waals surface area contributed by atoms with Crippen molar-refractivity contribution >= 4 is 5.91 Å². The molecule has 0 saturated heterocycles. The second kappa shape index (κ2) is 5.08. The highest BCUT2D eigenvalue weighted by molar-refractivity contribution is 5.94. The molecular formula is C17H16FNO. The quantitative estimate of drug-likeness (QED) is 0.888. The smallest absolute Gasteiger partial charge is 0.254 e. The molecule has 0 fully saturated rings. The average Bonchev–Trinajstić information content (AvgIpc) is 2.76. The lowest BCUT2D eigenvalue weighted by molar-refractivity contribution is 0.0923. The maximum Gasteiger partial charge on any atom is 0.254 e. The van der Waals surface area contributed by atoms with Crippen LogP contribution in [-0.4, -0.2) is 5.91 Å². The molecule has 0 aromatic heterocycles. The van der Waals surface area contributed by atoms with E-state index in [0.29, 0.717) is 5.92 Å². The summed E-state index contributed by atoms with van der Waals surface area (Å²) in [6.45, 7) is 2.10. The van der Waals surface area contributed by atoms with E-state index in [2.05, 4.69) is 18.3 Å². The Morgan fingerprint density at radius 1 is 1.15 bits per heavy atom. The minimum atomic E-state index is -0.482. The number of nitrogens with one attached hydrogen (secondary N) is 1. The molecule has 1 aliphatic carbocycles. The van der Waals surface area contributed by atoms with Gasteiger partial charge in [0.05, 0.1) is 11.6 Å². The number of hydrogen-bond acceptors (Lipinski definition) is 1. The van der Waals surface area contributed by atoms with Crippen LogP contribution in [0.25, 0.3) is 0 Å². The van der Waals surface area contributed by atoms with E-state index in [1.165, 1.54) is 17.7 Å². The van der Waals surface area contributed by atoms with Crippen LogP contribution in [0.1, 0.15) is 34.5 Å². The summed E-state index contributed by atoms with van der Waals surface area (Å²) in [4.78, 5) is 12.2. The molecular weight excluding hydrogens is 253 g/mol. The van der Waals surface area contributed by atoms with Gasteiger partial charge in [0, 0.05) is 0 Å². The molecule has 0 aliphatic heterocycles. The maximum absolute atomic E-state index is 13.6. The van der Waals surface area contributed by atoms with Gasteiger partial charge in [0.25, 0.3) is 5.91 Å². The van der Waals surface area contributed by atoms with E-state index in [0.717, 1.165) is 12.0 Å². The summed E-state index contributed by atoms with van der Waals surface area (Å²) < 4.78 is 13.6. The van der Waals surface area contributed by atoms with Crippen molar-refractivity contribution in [3.05, 3.63) is 71.0 Å². The molecule has 0 bridgehead atoms. The second-order valence-electron chi connectivity index (χ2n) is 5.31. The summed E-state index contributed by atoms with van der Waals surface area (Å²) in [6, 6.07) is 14.1. The predicted molar refractivity (Wildman–Crippen MR) is 75.9 cm³/mol. The number of carbonyl (C=O) groups excluding carboxylic acids is 1. The summed E-state index contributed by atoms with van der Waals surface area (Å²) >= 11 is 0. The molecule has 102 valence electrons. The standard InChI is InChI=1S/C17H16FNO/c1-11-10-12-6-2-3-7-13(12)16(11)19-17(20)14-8-4-5-9-15(14)18/h2-9,11,16H,10H2,1H3,(H,19,20). The number of amides is 1. The Morgan fingerprint density at radius 2 is 1.85 bits per heavy atom. The average molecular weight is 269 g/mol. The maximum atomic E-state index is 13.6. The zero-order chi connectivity index (χ0) is 14.1. The SMILES string of the molecule is CC1Cc2ccccc2C1NC(=O)c1ccccc1F. The molecule has 1 amide bonds. The third-order valence-corrected chi connectivity index (χ3v) is 3.91. The summed E-state index contributed by atoms with van der Waals surface area (Å²) in [6.07, 6.45) is 0.943. The normalized spacial score (nSPS) is 20.5. The summed E-state index contributed by atoms with van der Waals surface area (Å²) in [5.74, 6) is -0.510. The predicted octanol–water partition coefficient (Wildman–Crippen LogP) is 3.49. The highest BCUT2D eigenvalue weighted by Crippen LogP contribution is 2.35. The third kappa shape index (κ3) is 2.20. The van der Waals surface area contributed by atoms with Crippen LogP contribution in [0, 0.1) is 11.7 Å². The molecule has 0 spiro atoms. The van der Waals surface area contributed by atoms with Gasteiger partial charge >= 0.3 is 0 Å². The van der Waals surface area contributed by atoms with Crippen molar-refractivity contribution in [2.45, 2.75) is 19.4 Å². The first-order valence-corrected chi connectivity index (χ1v) is 6.80. The van der Waals surface area contributed by atoms with Crippen LogP contribution in [0.4, 0.5) is 4.39 Å². The van der Waals surface area contributed by atoms with Gasteiger partial charge < -0.3 is 5.32 Å². The van der Waals surface area contributed by atoms with Gasteiger partial charge in [0.15, 0.2) is 0 Å². The van der Waals surface area contributed by atoms with Gasteiger partial charge in [-0.3, -0.25) is 4.79 Å². The van der Waals surface area contributed by atoms with Gasteiger partial charge in [-0.15, -0.1) is 0 Å². The molecule has 0 saturated carbocycles. The first-order chi connectivity index (χ1) is 9.66. The van der Waals surface area contributed by atoms with Crippen LogP contribution in [0.15, 0.2) is 48.5 Å². The fourth-order valence-electron chi connectivity index (χ4n) is 2.88. The van der Waals surface area contributed by atoms with Crippen LogP contribution in [-0.2, 0) is 6.42 Å². The lowest BCUT2D eigenvalue weighted by atomic mass is 10.0. The van der Waals surface area contributed by atoms with E-state index >= 15 is 0 Å². The summed E-state index contributed by atoms with van der Waals surface area (Å²) in [5, 5.41) is 2.96. The zero-order valence-electron chi connectivity index (χ0n) is 11.3. The monoisotopic (exact) mass is 269 g/mol. The van der Waals surface area contributed by atoms with E-state index in [4.69, 9.17) is 0 Å². The van der Waals surface area contributed by atoms with Crippen molar-refractivity contribution in [1.29, 1.82) is 0 Å². The fourth-order valence-corrected chi connectivity index (χ4v) is 2.88. The fraction of sp³-hybridized carbons (Fsp3) is 0.235. The number of carbonyl (C=O) groups is 1. The number of rotatable bonds is 2. The molecule has 3 heteroatoms. The number of benzene rings is 2. The van der Waals surface area contributed by atoms with E-state index in [9.17, 15) is 9.18 Å². The highest BCUT2D eigenvalue weighted by Gasteiger charge is 2.30. The van der Waals surface area contributed by atoms with Crippen LogP contribution in [0.5, 0.6) is 0 Å². The Morgan fingerprint density at radius 3 is 2.65 bits per heavy atom. The van der Waals surface area contributed by atoms with E-state index < -0.39 is 5.82 Å². The van der Waals surface area contributed by atoms with Gasteiger partial charge in [-0.05, 0) is 35.6 Å². The van der Waals surface area contributed by atoms with Gasteiger partial charge in [-0.2, -0.15) is 0 Å². The largest absolute Gasteiger partial charge is 0.345 e. The van der Waals surface area contributed by atoms with Crippen molar-refractivity contribution in [2.75, 3.05) is 0 Å². The highest BCUT2D eigenvalue weighted by atomic mass is 19.1. The van der Waals surface area contributed by atoms with Gasteiger partial charge in [-0.25, -0.2) is 4.39 Å². The van der Waals surface area contributed by atoms with Gasteiger partial charge in [0.1, 0.15) is 5.82 Å². The zero-order valence-corrected chi connectivity index (χ0v) is 11.3. The van der Waals surface area contributed by atoms with Crippen LogP contribution >= 0.6 is 0 Å². The summed E-state index contributed by atoms with van der Waals surface area (Å²) in [5.41, 5.74) is 2.51. The first-order valence-electron chi connectivity index (χ1n) is 6.80. The Balaban J connectivity index is 1.85. The molecule has 20 heavy (non-hydrogen) atoms. The molecule has 3 rings (SSSR count). The Bertz CT molecular complexity index is 653. The topological polar surface area (TPSA) is 29.1 Å². The first kappa shape index (κ1) is 12.9. The molecule has 2 nitrogen and oxygen atoms in total. The molecule has 1 N–H and O–H groups in total. The molecule has 2 aromatic carbocycles. The van der Waals surface area contributed by atoms with Crippen molar-refractivity contribution in [3.8, 4) is 0 Å². The van der Waals surface area contributed by atoms with Crippen molar-refractivity contribution in [3.63, 3.8) is 0 Å². The lowest BCUT2D eigenvalue weighted by Gasteiger charge is -2.19. The minimum Gasteiger partial charge on any atom is -0.345 e. The van der Waals surface area contributed by atoms with Crippen molar-refractivity contribution < 1.29 is 9.18 Å².